The summed E-state index contributed by atoms with van der Waals surface area (Å²) in [5.41, 5.74) is 0.333. The lowest BCUT2D eigenvalue weighted by molar-refractivity contribution is 0.0526. The molecule has 0 unspecified atom stereocenters. The maximum atomic E-state index is 12.1. The minimum atomic E-state index is -3.56. The number of esters is 1. The molecule has 1 aromatic carbocycles. The van der Waals surface area contributed by atoms with Crippen molar-refractivity contribution in [3.05, 3.63) is 29.8 Å². The highest BCUT2D eigenvalue weighted by molar-refractivity contribution is 7.89. The second-order valence-corrected chi connectivity index (χ2v) is 7.28. The largest absolute Gasteiger partial charge is 0.462 e. The molecule has 1 N–H and O–H groups in total. The van der Waals surface area contributed by atoms with Gasteiger partial charge in [0, 0.05) is 19.8 Å². The Bertz CT molecular complexity index is 608. The lowest BCUT2D eigenvalue weighted by Gasteiger charge is -2.08. The third kappa shape index (κ3) is 5.93. The number of sulfonamides is 1. The lowest BCUT2D eigenvalue weighted by Crippen LogP contribution is -2.25. The van der Waals surface area contributed by atoms with E-state index in [0.717, 1.165) is 6.61 Å². The number of carbonyl (C=O) groups is 1. The molecule has 0 bridgehead atoms. The molecule has 1 aliphatic carbocycles. The van der Waals surface area contributed by atoms with E-state index in [0.29, 0.717) is 31.1 Å². The molecule has 0 amide bonds. The molecule has 0 aromatic heterocycles. The summed E-state index contributed by atoms with van der Waals surface area (Å²) in [7, 11) is -3.56. The van der Waals surface area contributed by atoms with Gasteiger partial charge in [-0.15, -0.1) is 0 Å². The first-order chi connectivity index (χ1) is 11.0. The molecule has 1 aliphatic rings. The van der Waals surface area contributed by atoms with Gasteiger partial charge in [-0.2, -0.15) is 0 Å². The van der Waals surface area contributed by atoms with Crippen molar-refractivity contribution in [2.24, 2.45) is 5.92 Å². The molecule has 7 heteroatoms. The Morgan fingerprint density at radius 3 is 2.57 bits per heavy atom. The van der Waals surface area contributed by atoms with Crippen LogP contribution in [0.1, 0.15) is 36.5 Å². The van der Waals surface area contributed by atoms with E-state index < -0.39 is 16.0 Å². The van der Waals surface area contributed by atoms with Crippen LogP contribution in [-0.4, -0.2) is 40.8 Å². The maximum Gasteiger partial charge on any atom is 0.338 e. The fourth-order valence-electron chi connectivity index (χ4n) is 1.98. The van der Waals surface area contributed by atoms with Gasteiger partial charge < -0.3 is 9.47 Å². The zero-order valence-corrected chi connectivity index (χ0v) is 14.1. The number of hydrogen-bond donors (Lipinski definition) is 1. The van der Waals surface area contributed by atoms with E-state index in [-0.39, 0.29) is 11.5 Å². The third-order valence-electron chi connectivity index (χ3n) is 3.48. The summed E-state index contributed by atoms with van der Waals surface area (Å²) < 4.78 is 37.1. The first-order valence-electron chi connectivity index (χ1n) is 7.87. The average Bonchev–Trinajstić information content (AvgIpc) is 3.35. The number of nitrogens with one attached hydrogen (secondary N) is 1. The van der Waals surface area contributed by atoms with Crippen LogP contribution in [0.5, 0.6) is 0 Å². The van der Waals surface area contributed by atoms with Gasteiger partial charge in [0.1, 0.15) is 0 Å². The molecule has 1 saturated carbocycles. The SMILES string of the molecule is CCOC(=O)c1ccc(S(=O)(=O)NCCCOCC2CC2)cc1. The highest BCUT2D eigenvalue weighted by Gasteiger charge is 2.21. The Kier molecular flexibility index (Phi) is 6.56. The van der Waals surface area contributed by atoms with Crippen molar-refractivity contribution in [3.8, 4) is 0 Å². The minimum Gasteiger partial charge on any atom is -0.462 e. The Morgan fingerprint density at radius 2 is 1.96 bits per heavy atom. The first-order valence-corrected chi connectivity index (χ1v) is 9.36. The maximum absolute atomic E-state index is 12.1. The topological polar surface area (TPSA) is 81.7 Å². The van der Waals surface area contributed by atoms with Gasteiger partial charge in [0.05, 0.1) is 17.1 Å². The van der Waals surface area contributed by atoms with Crippen LogP contribution in [0.2, 0.25) is 0 Å². The molecule has 23 heavy (non-hydrogen) atoms. The molecule has 6 nitrogen and oxygen atoms in total. The van der Waals surface area contributed by atoms with E-state index >= 15 is 0 Å². The summed E-state index contributed by atoms with van der Waals surface area (Å²) in [4.78, 5) is 11.7. The van der Waals surface area contributed by atoms with Crippen molar-refractivity contribution in [3.63, 3.8) is 0 Å². The predicted octanol–water partition coefficient (Wildman–Crippen LogP) is 1.96. The summed E-state index contributed by atoms with van der Waals surface area (Å²) in [5.74, 6) is 0.252. The van der Waals surface area contributed by atoms with Crippen LogP contribution in [0.15, 0.2) is 29.2 Å². The van der Waals surface area contributed by atoms with Crippen molar-refractivity contribution >= 4 is 16.0 Å². The highest BCUT2D eigenvalue weighted by atomic mass is 32.2. The second kappa shape index (κ2) is 8.42. The smallest absolute Gasteiger partial charge is 0.338 e. The molecule has 0 heterocycles. The molecule has 0 atom stereocenters. The summed E-state index contributed by atoms with van der Waals surface area (Å²) in [6, 6.07) is 5.70. The van der Waals surface area contributed by atoms with Gasteiger partial charge in [-0.25, -0.2) is 17.9 Å². The molecule has 0 saturated heterocycles. The molecule has 128 valence electrons. The Labute approximate surface area is 137 Å². The zero-order chi connectivity index (χ0) is 16.7. The molecular weight excluding hydrogens is 318 g/mol. The highest BCUT2D eigenvalue weighted by Crippen LogP contribution is 2.28. The van der Waals surface area contributed by atoms with E-state index in [1.165, 1.54) is 37.1 Å². The van der Waals surface area contributed by atoms with Gasteiger partial charge in [-0.05, 0) is 56.4 Å². The molecule has 1 fully saturated rings. The number of rotatable bonds is 10. The molecular formula is C16H23NO5S. The van der Waals surface area contributed by atoms with Crippen LogP contribution >= 0.6 is 0 Å². The molecule has 2 rings (SSSR count). The fourth-order valence-corrected chi connectivity index (χ4v) is 3.06. The minimum absolute atomic E-state index is 0.129. The van der Waals surface area contributed by atoms with E-state index in [9.17, 15) is 13.2 Å². The monoisotopic (exact) mass is 341 g/mol. The summed E-state index contributed by atoms with van der Waals surface area (Å²) in [6.07, 6.45) is 3.12. The van der Waals surface area contributed by atoms with Crippen LogP contribution in [0, 0.1) is 5.92 Å². The van der Waals surface area contributed by atoms with Crippen LogP contribution in [0.3, 0.4) is 0 Å². The third-order valence-corrected chi connectivity index (χ3v) is 4.96. The second-order valence-electron chi connectivity index (χ2n) is 5.51. The predicted molar refractivity (Wildman–Crippen MR) is 85.7 cm³/mol. The van der Waals surface area contributed by atoms with E-state index in [2.05, 4.69) is 4.72 Å². The van der Waals surface area contributed by atoms with Crippen LogP contribution in [-0.2, 0) is 19.5 Å². The molecule has 0 spiro atoms. The van der Waals surface area contributed by atoms with Crippen molar-refractivity contribution in [2.75, 3.05) is 26.4 Å². The standard InChI is InChI=1S/C16H23NO5S/c1-2-22-16(18)14-6-8-15(9-7-14)23(19,20)17-10-3-11-21-12-13-4-5-13/h6-9,13,17H,2-5,10-12H2,1H3. The summed E-state index contributed by atoms with van der Waals surface area (Å²) >= 11 is 0. The van der Waals surface area contributed by atoms with Crippen LogP contribution in [0.4, 0.5) is 0 Å². The van der Waals surface area contributed by atoms with Gasteiger partial charge in [0.2, 0.25) is 10.0 Å². The number of hydrogen-bond acceptors (Lipinski definition) is 5. The van der Waals surface area contributed by atoms with Crippen LogP contribution < -0.4 is 4.72 Å². The lowest BCUT2D eigenvalue weighted by atomic mass is 10.2. The normalized spacial score (nSPS) is 14.7. The Hall–Kier alpha value is -1.44. The zero-order valence-electron chi connectivity index (χ0n) is 13.3. The Morgan fingerprint density at radius 1 is 1.26 bits per heavy atom. The summed E-state index contributed by atoms with van der Waals surface area (Å²) in [5, 5.41) is 0. The van der Waals surface area contributed by atoms with Crippen molar-refractivity contribution in [1.29, 1.82) is 0 Å². The van der Waals surface area contributed by atoms with Gasteiger partial charge in [0.15, 0.2) is 0 Å². The molecule has 0 radical (unpaired) electrons. The van der Waals surface area contributed by atoms with Gasteiger partial charge in [-0.1, -0.05) is 0 Å². The number of carbonyl (C=O) groups excluding carboxylic acids is 1. The number of ether oxygens (including phenoxy) is 2. The average molecular weight is 341 g/mol. The quantitative estimate of drug-likeness (QED) is 0.520. The van der Waals surface area contributed by atoms with Crippen molar-refractivity contribution in [1.82, 2.24) is 4.72 Å². The van der Waals surface area contributed by atoms with E-state index in [1.807, 2.05) is 0 Å². The van der Waals surface area contributed by atoms with Gasteiger partial charge >= 0.3 is 5.97 Å². The van der Waals surface area contributed by atoms with Crippen molar-refractivity contribution in [2.45, 2.75) is 31.1 Å². The first kappa shape index (κ1) is 17.9. The fraction of sp³-hybridized carbons (Fsp3) is 0.562. The molecule has 1 aromatic rings. The molecule has 0 aliphatic heterocycles. The number of benzene rings is 1. The van der Waals surface area contributed by atoms with Crippen LogP contribution in [0.25, 0.3) is 0 Å². The van der Waals surface area contributed by atoms with Gasteiger partial charge in [0.25, 0.3) is 0 Å². The van der Waals surface area contributed by atoms with Gasteiger partial charge in [-0.3, -0.25) is 0 Å². The summed E-state index contributed by atoms with van der Waals surface area (Å²) in [6.45, 7) is 3.66. The van der Waals surface area contributed by atoms with E-state index in [4.69, 9.17) is 9.47 Å². The Balaban J connectivity index is 1.77. The van der Waals surface area contributed by atoms with E-state index in [1.54, 1.807) is 6.92 Å². The van der Waals surface area contributed by atoms with Crippen molar-refractivity contribution < 1.29 is 22.7 Å².